The summed E-state index contributed by atoms with van der Waals surface area (Å²) in [5.41, 5.74) is 3.50. The molecule has 2 rings (SSSR count). The van der Waals surface area contributed by atoms with Crippen LogP contribution in [0.1, 0.15) is 11.1 Å². The van der Waals surface area contributed by atoms with Crippen molar-refractivity contribution in [3.05, 3.63) is 53.6 Å². The highest BCUT2D eigenvalue weighted by molar-refractivity contribution is 7.80. The van der Waals surface area contributed by atoms with E-state index in [9.17, 15) is 0 Å². The van der Waals surface area contributed by atoms with Crippen LogP contribution >= 0.6 is 12.2 Å². The number of ether oxygens (including phenoxy) is 2. The summed E-state index contributed by atoms with van der Waals surface area (Å²) in [6.45, 7) is 5.43. The number of aryl methyl sites for hydroxylation is 1. The standard InChI is InChI=1S/C19H24N2O2S/c1-14-6-5-7-18(15(14)2)20-19(24)21(3)12-13-23-17-10-8-16(22-4)9-11-17/h5-11H,12-13H2,1-4H3,(H,20,24). The minimum Gasteiger partial charge on any atom is -0.497 e. The van der Waals surface area contributed by atoms with E-state index in [1.54, 1.807) is 7.11 Å². The number of thiocarbonyl (C=S) groups is 1. The zero-order chi connectivity index (χ0) is 17.5. The van der Waals surface area contributed by atoms with E-state index in [2.05, 4.69) is 25.2 Å². The Balaban J connectivity index is 1.82. The molecule has 0 aromatic heterocycles. The van der Waals surface area contributed by atoms with Crippen LogP contribution in [0.25, 0.3) is 0 Å². The van der Waals surface area contributed by atoms with Gasteiger partial charge in [-0.1, -0.05) is 12.1 Å². The normalized spacial score (nSPS) is 10.2. The lowest BCUT2D eigenvalue weighted by atomic mass is 10.1. The van der Waals surface area contributed by atoms with E-state index in [4.69, 9.17) is 21.7 Å². The second-order valence-electron chi connectivity index (χ2n) is 5.62. The summed E-state index contributed by atoms with van der Waals surface area (Å²) in [6.07, 6.45) is 0. The van der Waals surface area contributed by atoms with Crippen LogP contribution in [0.15, 0.2) is 42.5 Å². The van der Waals surface area contributed by atoms with Crippen molar-refractivity contribution in [3.63, 3.8) is 0 Å². The first-order valence-corrected chi connectivity index (χ1v) is 8.27. The molecule has 4 nitrogen and oxygen atoms in total. The zero-order valence-electron chi connectivity index (χ0n) is 14.6. The van der Waals surface area contributed by atoms with Gasteiger partial charge in [-0.2, -0.15) is 0 Å². The summed E-state index contributed by atoms with van der Waals surface area (Å²) in [5, 5.41) is 3.98. The second-order valence-corrected chi connectivity index (χ2v) is 6.01. The smallest absolute Gasteiger partial charge is 0.173 e. The molecule has 0 atom stereocenters. The van der Waals surface area contributed by atoms with Crippen molar-refractivity contribution in [1.82, 2.24) is 4.90 Å². The third kappa shape index (κ3) is 4.86. The number of methoxy groups -OCH3 is 1. The number of rotatable bonds is 6. The molecule has 0 fully saturated rings. The van der Waals surface area contributed by atoms with Gasteiger partial charge in [-0.15, -0.1) is 0 Å². The molecule has 0 saturated heterocycles. The first kappa shape index (κ1) is 18.1. The maximum absolute atomic E-state index is 5.73. The van der Waals surface area contributed by atoms with Crippen LogP contribution in [-0.2, 0) is 0 Å². The van der Waals surface area contributed by atoms with E-state index in [0.29, 0.717) is 18.3 Å². The van der Waals surface area contributed by atoms with Crippen molar-refractivity contribution < 1.29 is 9.47 Å². The van der Waals surface area contributed by atoms with Crippen molar-refractivity contribution in [2.24, 2.45) is 0 Å². The molecule has 0 spiro atoms. The van der Waals surface area contributed by atoms with Crippen LogP contribution < -0.4 is 14.8 Å². The topological polar surface area (TPSA) is 33.7 Å². The van der Waals surface area contributed by atoms with Crippen molar-refractivity contribution in [2.75, 3.05) is 32.6 Å². The number of nitrogens with one attached hydrogen (secondary N) is 1. The largest absolute Gasteiger partial charge is 0.497 e. The van der Waals surface area contributed by atoms with Gasteiger partial charge in [-0.05, 0) is 67.5 Å². The number of likely N-dealkylation sites (N-methyl/N-ethyl adjacent to an activating group) is 1. The molecule has 5 heteroatoms. The van der Waals surface area contributed by atoms with E-state index in [0.717, 1.165) is 17.2 Å². The number of nitrogens with zero attached hydrogens (tertiary/aromatic N) is 1. The molecular formula is C19H24N2O2S. The highest BCUT2D eigenvalue weighted by atomic mass is 32.1. The molecule has 0 bridgehead atoms. The van der Waals surface area contributed by atoms with Crippen molar-refractivity contribution in [2.45, 2.75) is 13.8 Å². The molecule has 1 N–H and O–H groups in total. The van der Waals surface area contributed by atoms with Gasteiger partial charge >= 0.3 is 0 Å². The third-order valence-electron chi connectivity index (χ3n) is 3.95. The molecule has 0 aliphatic heterocycles. The third-order valence-corrected chi connectivity index (χ3v) is 4.36. The SMILES string of the molecule is COc1ccc(OCCN(C)C(=S)Nc2cccc(C)c2C)cc1. The Kier molecular flexibility index (Phi) is 6.44. The fourth-order valence-corrected chi connectivity index (χ4v) is 2.37. The van der Waals surface area contributed by atoms with E-state index < -0.39 is 0 Å². The van der Waals surface area contributed by atoms with E-state index >= 15 is 0 Å². The van der Waals surface area contributed by atoms with Gasteiger partial charge in [0.05, 0.1) is 13.7 Å². The van der Waals surface area contributed by atoms with Gasteiger partial charge in [0.25, 0.3) is 0 Å². The summed E-state index contributed by atoms with van der Waals surface area (Å²) in [6, 6.07) is 13.7. The Labute approximate surface area is 149 Å². The molecular weight excluding hydrogens is 320 g/mol. The monoisotopic (exact) mass is 344 g/mol. The quantitative estimate of drug-likeness (QED) is 0.801. The van der Waals surface area contributed by atoms with E-state index in [1.807, 2.05) is 48.3 Å². The van der Waals surface area contributed by atoms with Gasteiger partial charge in [-0.3, -0.25) is 0 Å². The van der Waals surface area contributed by atoms with Gasteiger partial charge in [0.2, 0.25) is 0 Å². The molecule has 2 aromatic carbocycles. The molecule has 24 heavy (non-hydrogen) atoms. The molecule has 128 valence electrons. The maximum Gasteiger partial charge on any atom is 0.173 e. The summed E-state index contributed by atoms with van der Waals surface area (Å²) in [5.74, 6) is 1.64. The van der Waals surface area contributed by atoms with Crippen LogP contribution in [-0.4, -0.2) is 37.3 Å². The van der Waals surface area contributed by atoms with Crippen LogP contribution in [0.4, 0.5) is 5.69 Å². The fraction of sp³-hybridized carbons (Fsp3) is 0.316. The lowest BCUT2D eigenvalue weighted by molar-refractivity contribution is 0.285. The molecule has 0 saturated carbocycles. The summed E-state index contributed by atoms with van der Waals surface area (Å²) < 4.78 is 10.9. The van der Waals surface area contributed by atoms with E-state index in [1.165, 1.54) is 11.1 Å². The molecule has 0 amide bonds. The van der Waals surface area contributed by atoms with Crippen LogP contribution in [0.2, 0.25) is 0 Å². The van der Waals surface area contributed by atoms with Gasteiger partial charge in [-0.25, -0.2) is 0 Å². The molecule has 0 heterocycles. The molecule has 2 aromatic rings. The predicted octanol–water partition coefficient (Wildman–Crippen LogP) is 4.02. The molecule has 0 radical (unpaired) electrons. The summed E-state index contributed by atoms with van der Waals surface area (Å²) >= 11 is 5.47. The van der Waals surface area contributed by atoms with Crippen LogP contribution in [0.5, 0.6) is 11.5 Å². The first-order chi connectivity index (χ1) is 11.5. The average molecular weight is 344 g/mol. The minimum atomic E-state index is 0.553. The lowest BCUT2D eigenvalue weighted by Crippen LogP contribution is -2.34. The minimum absolute atomic E-state index is 0.553. The number of hydrogen-bond acceptors (Lipinski definition) is 3. The van der Waals surface area contributed by atoms with Crippen LogP contribution in [0, 0.1) is 13.8 Å². The Morgan fingerprint density at radius 3 is 2.42 bits per heavy atom. The van der Waals surface area contributed by atoms with Crippen molar-refractivity contribution >= 4 is 23.0 Å². The summed E-state index contributed by atoms with van der Waals surface area (Å²) in [7, 11) is 3.60. The Morgan fingerprint density at radius 2 is 1.75 bits per heavy atom. The number of hydrogen-bond donors (Lipinski definition) is 1. The average Bonchev–Trinajstić information content (AvgIpc) is 2.59. The van der Waals surface area contributed by atoms with Gasteiger partial charge in [0, 0.05) is 12.7 Å². The maximum atomic E-state index is 5.73. The second kappa shape index (κ2) is 8.55. The first-order valence-electron chi connectivity index (χ1n) is 7.86. The zero-order valence-corrected chi connectivity index (χ0v) is 15.4. The number of benzene rings is 2. The fourth-order valence-electron chi connectivity index (χ4n) is 2.17. The lowest BCUT2D eigenvalue weighted by Gasteiger charge is -2.22. The van der Waals surface area contributed by atoms with Gasteiger partial charge in [0.15, 0.2) is 5.11 Å². The Hall–Kier alpha value is -2.27. The Bertz CT molecular complexity index is 686. The van der Waals surface area contributed by atoms with Crippen LogP contribution in [0.3, 0.4) is 0 Å². The number of anilines is 1. The highest BCUT2D eigenvalue weighted by Crippen LogP contribution is 2.19. The van der Waals surface area contributed by atoms with Gasteiger partial charge in [0.1, 0.15) is 18.1 Å². The Morgan fingerprint density at radius 1 is 1.08 bits per heavy atom. The molecule has 0 aliphatic rings. The van der Waals surface area contributed by atoms with Gasteiger partial charge < -0.3 is 19.7 Å². The van der Waals surface area contributed by atoms with E-state index in [-0.39, 0.29) is 0 Å². The highest BCUT2D eigenvalue weighted by Gasteiger charge is 2.07. The molecule has 0 aliphatic carbocycles. The molecule has 0 unspecified atom stereocenters. The summed E-state index contributed by atoms with van der Waals surface area (Å²) in [4.78, 5) is 1.97. The van der Waals surface area contributed by atoms with Crippen molar-refractivity contribution in [1.29, 1.82) is 0 Å². The predicted molar refractivity (Wildman–Crippen MR) is 103 cm³/mol. The van der Waals surface area contributed by atoms with Crippen molar-refractivity contribution in [3.8, 4) is 11.5 Å².